The first-order valence-corrected chi connectivity index (χ1v) is 11.2. The molecule has 0 heterocycles. The molecule has 0 spiro atoms. The lowest BCUT2D eigenvalue weighted by atomic mass is 9.89. The quantitative estimate of drug-likeness (QED) is 0.434. The predicted molar refractivity (Wildman–Crippen MR) is 127 cm³/mol. The molecule has 4 heteroatoms. The summed E-state index contributed by atoms with van der Waals surface area (Å²) < 4.78 is 5.39. The zero-order valence-electron chi connectivity index (χ0n) is 17.8. The minimum absolute atomic E-state index is 0.245. The lowest BCUT2D eigenvalue weighted by molar-refractivity contribution is 0.155. The van der Waals surface area contributed by atoms with E-state index in [4.69, 9.17) is 4.74 Å². The topological polar surface area (TPSA) is 50.4 Å². The van der Waals surface area contributed by atoms with Gasteiger partial charge in [0.25, 0.3) is 0 Å². The van der Waals surface area contributed by atoms with Crippen LogP contribution in [0.25, 0.3) is 11.1 Å². The van der Waals surface area contributed by atoms with Crippen molar-refractivity contribution in [3.63, 3.8) is 0 Å². The van der Waals surface area contributed by atoms with Gasteiger partial charge in [0.1, 0.15) is 6.61 Å². The van der Waals surface area contributed by atoms with E-state index in [2.05, 4.69) is 34.9 Å². The van der Waals surface area contributed by atoms with E-state index >= 15 is 0 Å². The molecule has 0 aliphatic heterocycles. The normalized spacial score (nSPS) is 14.1. The zero-order chi connectivity index (χ0) is 21.3. The second-order valence-corrected chi connectivity index (χ2v) is 8.20. The zero-order valence-corrected chi connectivity index (χ0v) is 17.8. The minimum atomic E-state index is -0.456. The molecule has 3 aromatic rings. The minimum Gasteiger partial charge on any atom is -0.444 e. The summed E-state index contributed by atoms with van der Waals surface area (Å²) >= 11 is 0. The molecule has 4 rings (SSSR count). The van der Waals surface area contributed by atoms with Gasteiger partial charge in [-0.15, -0.1) is 0 Å². The number of nitrogens with one attached hydrogen (secondary N) is 2. The number of hydrogen-bond donors (Lipinski definition) is 2. The van der Waals surface area contributed by atoms with E-state index in [1.807, 2.05) is 54.6 Å². The Bertz CT molecular complexity index is 981. The van der Waals surface area contributed by atoms with Crippen molar-refractivity contribution in [1.82, 2.24) is 0 Å². The largest absolute Gasteiger partial charge is 0.444 e. The summed E-state index contributed by atoms with van der Waals surface area (Å²) in [6, 6.07) is 25.9. The Labute approximate surface area is 184 Å². The van der Waals surface area contributed by atoms with E-state index in [0.717, 1.165) is 40.5 Å². The monoisotopic (exact) mass is 414 g/mol. The molecular formula is C27H30N2O2. The highest BCUT2D eigenvalue weighted by atomic mass is 16.5. The summed E-state index contributed by atoms with van der Waals surface area (Å²) in [5, 5.41) is 6.51. The van der Waals surface area contributed by atoms with Crippen LogP contribution in [0, 0.1) is 5.92 Å². The van der Waals surface area contributed by atoms with E-state index in [1.165, 1.54) is 32.1 Å². The summed E-state index contributed by atoms with van der Waals surface area (Å²) in [4.78, 5) is 12.4. The number of amides is 1. The van der Waals surface area contributed by atoms with Crippen LogP contribution in [0.2, 0.25) is 0 Å². The summed E-state index contributed by atoms with van der Waals surface area (Å²) in [7, 11) is 0. The van der Waals surface area contributed by atoms with Crippen LogP contribution in [0.15, 0.2) is 78.9 Å². The van der Waals surface area contributed by atoms with Gasteiger partial charge in [-0.3, -0.25) is 5.32 Å². The number of benzene rings is 3. The molecule has 160 valence electrons. The van der Waals surface area contributed by atoms with Gasteiger partial charge in [-0.25, -0.2) is 4.79 Å². The Morgan fingerprint density at radius 2 is 1.65 bits per heavy atom. The Morgan fingerprint density at radius 1 is 0.871 bits per heavy atom. The molecule has 0 radical (unpaired) electrons. The molecule has 0 saturated heterocycles. The van der Waals surface area contributed by atoms with Gasteiger partial charge in [0, 0.05) is 17.8 Å². The maximum absolute atomic E-state index is 12.4. The number of para-hydroxylation sites is 1. The van der Waals surface area contributed by atoms with Crippen molar-refractivity contribution in [3.8, 4) is 11.1 Å². The Hall–Kier alpha value is -3.27. The third-order valence-electron chi connectivity index (χ3n) is 5.87. The van der Waals surface area contributed by atoms with Crippen LogP contribution in [0.1, 0.15) is 37.7 Å². The maximum Gasteiger partial charge on any atom is 0.411 e. The Morgan fingerprint density at radius 3 is 2.48 bits per heavy atom. The molecule has 3 aromatic carbocycles. The van der Waals surface area contributed by atoms with Gasteiger partial charge in [-0.1, -0.05) is 79.9 Å². The third-order valence-corrected chi connectivity index (χ3v) is 5.87. The fourth-order valence-corrected chi connectivity index (χ4v) is 4.16. The first-order valence-electron chi connectivity index (χ1n) is 11.2. The number of carbonyl (C=O) groups excluding carboxylic acids is 1. The molecule has 0 aromatic heterocycles. The summed E-state index contributed by atoms with van der Waals surface area (Å²) in [5.41, 5.74) is 4.85. The fraction of sp³-hybridized carbons (Fsp3) is 0.296. The van der Waals surface area contributed by atoms with Gasteiger partial charge in [0.15, 0.2) is 0 Å². The van der Waals surface area contributed by atoms with E-state index < -0.39 is 6.09 Å². The standard InChI is InChI=1S/C27H30N2O2/c30-27(31-20-22-12-5-2-6-13-22)29-26-17-8-7-16-25(26)23-14-9-15-24(18-23)28-19-21-10-3-1-4-11-21/h2,5-9,12-18,21,28H,1,3-4,10-11,19-20H2,(H,29,30). The molecule has 0 bridgehead atoms. The molecule has 1 saturated carbocycles. The highest BCUT2D eigenvalue weighted by Crippen LogP contribution is 2.30. The van der Waals surface area contributed by atoms with E-state index in [0.29, 0.717) is 0 Å². The average molecular weight is 415 g/mol. The van der Waals surface area contributed by atoms with Crippen molar-refractivity contribution in [2.75, 3.05) is 17.2 Å². The van der Waals surface area contributed by atoms with Crippen LogP contribution in [0.5, 0.6) is 0 Å². The maximum atomic E-state index is 12.4. The molecule has 1 aliphatic carbocycles. The fourth-order valence-electron chi connectivity index (χ4n) is 4.16. The number of anilines is 2. The van der Waals surface area contributed by atoms with Crippen LogP contribution in [-0.4, -0.2) is 12.6 Å². The van der Waals surface area contributed by atoms with Crippen molar-refractivity contribution in [3.05, 3.63) is 84.4 Å². The average Bonchev–Trinajstić information content (AvgIpc) is 2.83. The highest BCUT2D eigenvalue weighted by Gasteiger charge is 2.13. The first kappa shape index (κ1) is 21.0. The lowest BCUT2D eigenvalue weighted by Crippen LogP contribution is -2.17. The molecule has 0 atom stereocenters. The predicted octanol–water partition coefficient (Wildman–Crippen LogP) is 7.09. The van der Waals surface area contributed by atoms with Crippen LogP contribution in [0.3, 0.4) is 0 Å². The number of hydrogen-bond acceptors (Lipinski definition) is 3. The van der Waals surface area contributed by atoms with Gasteiger partial charge >= 0.3 is 6.09 Å². The molecule has 4 nitrogen and oxygen atoms in total. The van der Waals surface area contributed by atoms with Gasteiger partial charge in [-0.2, -0.15) is 0 Å². The third kappa shape index (κ3) is 6.11. The lowest BCUT2D eigenvalue weighted by Gasteiger charge is -2.22. The highest BCUT2D eigenvalue weighted by molar-refractivity contribution is 5.91. The summed E-state index contributed by atoms with van der Waals surface area (Å²) in [6.45, 7) is 1.27. The second-order valence-electron chi connectivity index (χ2n) is 8.20. The molecular weight excluding hydrogens is 384 g/mol. The van der Waals surface area contributed by atoms with Gasteiger partial charge in [0.05, 0.1) is 5.69 Å². The molecule has 1 aliphatic rings. The van der Waals surface area contributed by atoms with Gasteiger partial charge in [-0.05, 0) is 48.1 Å². The van der Waals surface area contributed by atoms with Gasteiger partial charge < -0.3 is 10.1 Å². The van der Waals surface area contributed by atoms with Crippen LogP contribution >= 0.6 is 0 Å². The summed E-state index contributed by atoms with van der Waals surface area (Å²) in [5.74, 6) is 0.769. The van der Waals surface area contributed by atoms with Crippen LogP contribution < -0.4 is 10.6 Å². The van der Waals surface area contributed by atoms with Crippen LogP contribution in [0.4, 0.5) is 16.2 Å². The summed E-state index contributed by atoms with van der Waals surface area (Å²) in [6.07, 6.45) is 6.28. The second kappa shape index (κ2) is 10.7. The van der Waals surface area contributed by atoms with Crippen LogP contribution in [-0.2, 0) is 11.3 Å². The van der Waals surface area contributed by atoms with Crippen molar-refractivity contribution in [1.29, 1.82) is 0 Å². The van der Waals surface area contributed by atoms with Crippen molar-refractivity contribution in [2.45, 2.75) is 38.7 Å². The Balaban J connectivity index is 1.41. The Kier molecular flexibility index (Phi) is 7.22. The smallest absolute Gasteiger partial charge is 0.411 e. The van der Waals surface area contributed by atoms with E-state index in [9.17, 15) is 4.79 Å². The van der Waals surface area contributed by atoms with E-state index in [-0.39, 0.29) is 6.61 Å². The molecule has 31 heavy (non-hydrogen) atoms. The van der Waals surface area contributed by atoms with Gasteiger partial charge in [0.2, 0.25) is 0 Å². The number of carbonyl (C=O) groups is 1. The molecule has 1 amide bonds. The number of rotatable bonds is 7. The SMILES string of the molecule is O=C(Nc1ccccc1-c1cccc(NCC2CCCCC2)c1)OCc1ccccc1. The van der Waals surface area contributed by atoms with Crippen molar-refractivity contribution in [2.24, 2.45) is 5.92 Å². The molecule has 2 N–H and O–H groups in total. The van der Waals surface area contributed by atoms with Crippen molar-refractivity contribution >= 4 is 17.5 Å². The first-order chi connectivity index (χ1) is 15.3. The van der Waals surface area contributed by atoms with Crippen molar-refractivity contribution < 1.29 is 9.53 Å². The number of ether oxygens (including phenoxy) is 1. The van der Waals surface area contributed by atoms with E-state index in [1.54, 1.807) is 0 Å². The molecule has 0 unspecified atom stereocenters. The molecule has 1 fully saturated rings.